The van der Waals surface area contributed by atoms with Crippen molar-refractivity contribution in [2.75, 3.05) is 24.2 Å². The van der Waals surface area contributed by atoms with Crippen molar-refractivity contribution >= 4 is 11.8 Å². The lowest BCUT2D eigenvalue weighted by Gasteiger charge is -2.31. The van der Waals surface area contributed by atoms with E-state index in [4.69, 9.17) is 0 Å². The molecule has 0 radical (unpaired) electrons. The van der Waals surface area contributed by atoms with E-state index in [-0.39, 0.29) is 5.82 Å². The van der Waals surface area contributed by atoms with Crippen molar-refractivity contribution in [1.82, 2.24) is 9.97 Å². The van der Waals surface area contributed by atoms with Gasteiger partial charge in [-0.1, -0.05) is 26.7 Å². The molecule has 0 aromatic carbocycles. The van der Waals surface area contributed by atoms with Crippen molar-refractivity contribution < 1.29 is 4.39 Å². The highest BCUT2D eigenvalue weighted by Gasteiger charge is 2.34. The Kier molecular flexibility index (Phi) is 4.78. The van der Waals surface area contributed by atoms with Gasteiger partial charge in [0.05, 0.1) is 6.20 Å². The Morgan fingerprint density at radius 1 is 1.35 bits per heavy atom. The van der Waals surface area contributed by atoms with E-state index in [1.54, 1.807) is 7.05 Å². The van der Waals surface area contributed by atoms with E-state index in [1.807, 2.05) is 0 Å². The van der Waals surface area contributed by atoms with Crippen LogP contribution in [0.5, 0.6) is 0 Å². The summed E-state index contributed by atoms with van der Waals surface area (Å²) in [5.41, 5.74) is 0.297. The third kappa shape index (κ3) is 3.58. The summed E-state index contributed by atoms with van der Waals surface area (Å²) in [5.74, 6) is 1.03. The third-order valence-electron chi connectivity index (χ3n) is 4.10. The molecule has 2 N–H and O–H groups in total. The second kappa shape index (κ2) is 6.37. The first-order valence-corrected chi connectivity index (χ1v) is 7.49. The van der Waals surface area contributed by atoms with Crippen LogP contribution in [0.15, 0.2) is 6.20 Å². The summed E-state index contributed by atoms with van der Waals surface area (Å²) in [6.45, 7) is 5.30. The molecule has 1 aliphatic carbocycles. The van der Waals surface area contributed by atoms with Gasteiger partial charge in [-0.3, -0.25) is 0 Å². The molecular weight excluding hydrogens is 255 g/mol. The van der Waals surface area contributed by atoms with E-state index in [1.165, 1.54) is 38.3 Å². The molecule has 0 spiro atoms. The van der Waals surface area contributed by atoms with Crippen LogP contribution in [-0.2, 0) is 0 Å². The van der Waals surface area contributed by atoms with Gasteiger partial charge >= 0.3 is 0 Å². The number of rotatable bonds is 6. The zero-order valence-corrected chi connectivity index (χ0v) is 12.7. The first-order chi connectivity index (χ1) is 9.54. The standard InChI is InChI=1S/C15H25FN4/c1-11(2)8-15(6-4-5-7-15)10-19-13-12(16)9-18-14(17-3)20-13/h9,11H,4-8,10H2,1-3H3,(H2,17,18,19,20). The minimum absolute atomic E-state index is 0.297. The summed E-state index contributed by atoms with van der Waals surface area (Å²) in [6.07, 6.45) is 7.41. The van der Waals surface area contributed by atoms with Gasteiger partial charge in [0.1, 0.15) is 0 Å². The lowest BCUT2D eigenvalue weighted by Crippen LogP contribution is -2.29. The van der Waals surface area contributed by atoms with Gasteiger partial charge in [-0.05, 0) is 30.6 Å². The van der Waals surface area contributed by atoms with Crippen LogP contribution in [-0.4, -0.2) is 23.6 Å². The number of nitrogens with one attached hydrogen (secondary N) is 2. The molecule has 1 aromatic heterocycles. The maximum absolute atomic E-state index is 13.8. The van der Waals surface area contributed by atoms with E-state index in [2.05, 4.69) is 34.4 Å². The van der Waals surface area contributed by atoms with Crippen LogP contribution in [0, 0.1) is 17.2 Å². The molecule has 20 heavy (non-hydrogen) atoms. The highest BCUT2D eigenvalue weighted by molar-refractivity contribution is 5.41. The number of aromatic nitrogens is 2. The van der Waals surface area contributed by atoms with Crippen LogP contribution >= 0.6 is 0 Å². The van der Waals surface area contributed by atoms with Crippen LogP contribution in [0.2, 0.25) is 0 Å². The van der Waals surface area contributed by atoms with Crippen molar-refractivity contribution in [3.05, 3.63) is 12.0 Å². The van der Waals surface area contributed by atoms with Gasteiger partial charge in [0.2, 0.25) is 5.95 Å². The predicted octanol–water partition coefficient (Wildman–Crippen LogP) is 3.68. The van der Waals surface area contributed by atoms with Gasteiger partial charge in [-0.25, -0.2) is 9.37 Å². The number of hydrogen-bond donors (Lipinski definition) is 2. The fourth-order valence-electron chi connectivity index (χ4n) is 3.33. The third-order valence-corrected chi connectivity index (χ3v) is 4.10. The Morgan fingerprint density at radius 2 is 2.05 bits per heavy atom. The average Bonchev–Trinajstić information content (AvgIpc) is 2.86. The van der Waals surface area contributed by atoms with E-state index >= 15 is 0 Å². The summed E-state index contributed by atoms with van der Waals surface area (Å²) in [6, 6.07) is 0. The molecule has 0 atom stereocenters. The molecular formula is C15H25FN4. The van der Waals surface area contributed by atoms with Crippen LogP contribution in [0.25, 0.3) is 0 Å². The lowest BCUT2D eigenvalue weighted by atomic mass is 9.78. The minimum Gasteiger partial charge on any atom is -0.367 e. The number of nitrogens with zero attached hydrogens (tertiary/aromatic N) is 2. The van der Waals surface area contributed by atoms with Gasteiger partial charge < -0.3 is 10.6 Å². The molecule has 0 bridgehead atoms. The maximum atomic E-state index is 13.8. The Hall–Kier alpha value is -1.39. The first-order valence-electron chi connectivity index (χ1n) is 7.49. The monoisotopic (exact) mass is 280 g/mol. The summed E-state index contributed by atoms with van der Waals surface area (Å²) >= 11 is 0. The molecule has 0 saturated heterocycles. The van der Waals surface area contributed by atoms with Crippen molar-refractivity contribution in [3.63, 3.8) is 0 Å². The van der Waals surface area contributed by atoms with Gasteiger partial charge in [0, 0.05) is 13.6 Å². The molecule has 1 aliphatic rings. The average molecular weight is 280 g/mol. The van der Waals surface area contributed by atoms with Crippen molar-refractivity contribution in [2.24, 2.45) is 11.3 Å². The van der Waals surface area contributed by atoms with E-state index in [9.17, 15) is 4.39 Å². The highest BCUT2D eigenvalue weighted by Crippen LogP contribution is 2.43. The second-order valence-electron chi connectivity index (χ2n) is 6.30. The molecule has 4 nitrogen and oxygen atoms in total. The first kappa shape index (κ1) is 15.0. The van der Waals surface area contributed by atoms with Crippen molar-refractivity contribution in [2.45, 2.75) is 46.0 Å². The Labute approximate surface area is 120 Å². The van der Waals surface area contributed by atoms with Gasteiger partial charge in [-0.2, -0.15) is 4.98 Å². The minimum atomic E-state index is -0.387. The van der Waals surface area contributed by atoms with E-state index in [0.29, 0.717) is 23.1 Å². The Balaban J connectivity index is 2.06. The maximum Gasteiger partial charge on any atom is 0.224 e. The molecule has 0 unspecified atom stereocenters. The summed E-state index contributed by atoms with van der Waals surface area (Å²) in [7, 11) is 1.73. The summed E-state index contributed by atoms with van der Waals surface area (Å²) in [4.78, 5) is 8.02. The van der Waals surface area contributed by atoms with Crippen molar-refractivity contribution in [1.29, 1.82) is 0 Å². The second-order valence-corrected chi connectivity index (χ2v) is 6.30. The Bertz CT molecular complexity index is 441. The van der Waals surface area contributed by atoms with Gasteiger partial charge in [0.15, 0.2) is 11.6 Å². The van der Waals surface area contributed by atoms with Crippen LogP contribution in [0.4, 0.5) is 16.2 Å². The largest absolute Gasteiger partial charge is 0.367 e. The number of hydrogen-bond acceptors (Lipinski definition) is 4. The number of anilines is 2. The van der Waals surface area contributed by atoms with Gasteiger partial charge in [0.25, 0.3) is 0 Å². The normalized spacial score (nSPS) is 17.4. The SMILES string of the molecule is CNc1ncc(F)c(NCC2(CC(C)C)CCCC2)n1. The van der Waals surface area contributed by atoms with Crippen LogP contribution < -0.4 is 10.6 Å². The fraction of sp³-hybridized carbons (Fsp3) is 0.733. The fourth-order valence-corrected chi connectivity index (χ4v) is 3.33. The topological polar surface area (TPSA) is 49.8 Å². The highest BCUT2D eigenvalue weighted by atomic mass is 19.1. The van der Waals surface area contributed by atoms with E-state index < -0.39 is 0 Å². The lowest BCUT2D eigenvalue weighted by molar-refractivity contribution is 0.252. The summed E-state index contributed by atoms with van der Waals surface area (Å²) in [5, 5.41) is 6.05. The predicted molar refractivity (Wildman–Crippen MR) is 80.4 cm³/mol. The zero-order valence-electron chi connectivity index (χ0n) is 12.7. The van der Waals surface area contributed by atoms with E-state index in [0.717, 1.165) is 6.54 Å². The smallest absolute Gasteiger partial charge is 0.224 e. The molecule has 2 rings (SSSR count). The molecule has 1 heterocycles. The molecule has 1 fully saturated rings. The molecule has 112 valence electrons. The Morgan fingerprint density at radius 3 is 2.65 bits per heavy atom. The van der Waals surface area contributed by atoms with Gasteiger partial charge in [-0.15, -0.1) is 0 Å². The van der Waals surface area contributed by atoms with Crippen molar-refractivity contribution in [3.8, 4) is 0 Å². The quantitative estimate of drug-likeness (QED) is 0.834. The summed E-state index contributed by atoms with van der Waals surface area (Å²) < 4.78 is 13.8. The molecule has 0 aliphatic heterocycles. The zero-order chi connectivity index (χ0) is 14.6. The number of halogens is 1. The molecule has 0 amide bonds. The van der Waals surface area contributed by atoms with Crippen LogP contribution in [0.3, 0.4) is 0 Å². The molecule has 1 saturated carbocycles. The molecule has 1 aromatic rings. The molecule has 5 heteroatoms. The van der Waals surface area contributed by atoms with Crippen LogP contribution in [0.1, 0.15) is 46.0 Å².